The lowest BCUT2D eigenvalue weighted by Gasteiger charge is -2.10. The Balaban J connectivity index is 1.67. The molecule has 0 saturated carbocycles. The van der Waals surface area contributed by atoms with Crippen molar-refractivity contribution in [2.45, 2.75) is 6.54 Å². The molecule has 0 radical (unpaired) electrons. The number of rotatable bonds is 6. The normalized spacial score (nSPS) is 10.8. The van der Waals surface area contributed by atoms with Crippen molar-refractivity contribution in [3.63, 3.8) is 0 Å². The molecule has 0 aliphatic heterocycles. The molecule has 5 nitrogen and oxygen atoms in total. The summed E-state index contributed by atoms with van der Waals surface area (Å²) < 4.78 is 5.19. The molecule has 28 heavy (non-hydrogen) atoms. The van der Waals surface area contributed by atoms with Crippen LogP contribution in [0.25, 0.3) is 6.08 Å². The SMILES string of the molecule is O=C(/C=C/c1ccc(Cl)cc1Cl)Nc1ccccc1C(=O)NCc1ccco1. The van der Waals surface area contributed by atoms with E-state index in [0.29, 0.717) is 32.6 Å². The van der Waals surface area contributed by atoms with Gasteiger partial charge < -0.3 is 15.1 Å². The van der Waals surface area contributed by atoms with Crippen molar-refractivity contribution < 1.29 is 14.0 Å². The number of amides is 2. The van der Waals surface area contributed by atoms with Gasteiger partial charge in [0, 0.05) is 16.1 Å². The molecule has 0 bridgehead atoms. The predicted octanol–water partition coefficient (Wildman–Crippen LogP) is 5.17. The van der Waals surface area contributed by atoms with Crippen LogP contribution < -0.4 is 10.6 Å². The summed E-state index contributed by atoms with van der Waals surface area (Å²) in [6.45, 7) is 0.253. The average molecular weight is 415 g/mol. The van der Waals surface area contributed by atoms with Crippen LogP contribution >= 0.6 is 23.2 Å². The second kappa shape index (κ2) is 9.26. The first-order chi connectivity index (χ1) is 13.5. The van der Waals surface area contributed by atoms with Crippen molar-refractivity contribution in [3.05, 3.63) is 93.9 Å². The minimum atomic E-state index is -0.391. The van der Waals surface area contributed by atoms with Crippen LogP contribution in [-0.2, 0) is 11.3 Å². The monoisotopic (exact) mass is 414 g/mol. The summed E-state index contributed by atoms with van der Waals surface area (Å²) in [7, 11) is 0. The smallest absolute Gasteiger partial charge is 0.253 e. The fourth-order valence-corrected chi connectivity index (χ4v) is 2.91. The summed E-state index contributed by atoms with van der Waals surface area (Å²) in [6.07, 6.45) is 4.45. The Kier molecular flexibility index (Phi) is 6.53. The Hall–Kier alpha value is -3.02. The number of benzene rings is 2. The molecule has 142 valence electrons. The van der Waals surface area contributed by atoms with Gasteiger partial charge in [-0.15, -0.1) is 0 Å². The first-order valence-electron chi connectivity index (χ1n) is 8.36. The highest BCUT2D eigenvalue weighted by Gasteiger charge is 2.12. The van der Waals surface area contributed by atoms with Crippen molar-refractivity contribution in [2.75, 3.05) is 5.32 Å². The molecular weight excluding hydrogens is 399 g/mol. The highest BCUT2D eigenvalue weighted by atomic mass is 35.5. The van der Waals surface area contributed by atoms with Gasteiger partial charge in [0.05, 0.1) is 24.1 Å². The number of carbonyl (C=O) groups excluding carboxylic acids is 2. The molecule has 0 spiro atoms. The van der Waals surface area contributed by atoms with Crippen molar-refractivity contribution >= 4 is 46.8 Å². The molecule has 3 rings (SSSR count). The molecule has 2 aromatic carbocycles. The molecule has 7 heteroatoms. The quantitative estimate of drug-likeness (QED) is 0.546. The first kappa shape index (κ1) is 19.7. The lowest BCUT2D eigenvalue weighted by Crippen LogP contribution is -2.24. The van der Waals surface area contributed by atoms with Gasteiger partial charge in [0.15, 0.2) is 0 Å². The van der Waals surface area contributed by atoms with Crippen LogP contribution in [0.5, 0.6) is 0 Å². The molecule has 2 amide bonds. The van der Waals surface area contributed by atoms with Crippen LogP contribution in [0, 0.1) is 0 Å². The Morgan fingerprint density at radius 1 is 1.04 bits per heavy atom. The summed E-state index contributed by atoms with van der Waals surface area (Å²) in [4.78, 5) is 24.7. The Morgan fingerprint density at radius 2 is 1.86 bits per heavy atom. The zero-order valence-corrected chi connectivity index (χ0v) is 16.1. The molecule has 0 aliphatic carbocycles. The third-order valence-corrected chi connectivity index (χ3v) is 4.37. The Labute approximate surface area is 172 Å². The topological polar surface area (TPSA) is 71.3 Å². The van der Waals surface area contributed by atoms with E-state index in [1.807, 2.05) is 0 Å². The lowest BCUT2D eigenvalue weighted by atomic mass is 10.1. The minimum Gasteiger partial charge on any atom is -0.467 e. The molecule has 2 N–H and O–H groups in total. The molecule has 0 atom stereocenters. The minimum absolute atomic E-state index is 0.253. The van der Waals surface area contributed by atoms with E-state index < -0.39 is 5.91 Å². The van der Waals surface area contributed by atoms with Gasteiger partial charge in [-0.3, -0.25) is 9.59 Å². The van der Waals surface area contributed by atoms with Crippen LogP contribution in [0.2, 0.25) is 10.0 Å². The lowest BCUT2D eigenvalue weighted by molar-refractivity contribution is -0.111. The van der Waals surface area contributed by atoms with Gasteiger partial charge in [-0.05, 0) is 48.0 Å². The maximum atomic E-state index is 12.4. The summed E-state index contributed by atoms with van der Waals surface area (Å²) in [5.41, 5.74) is 1.40. The molecular formula is C21H16Cl2N2O3. The van der Waals surface area contributed by atoms with E-state index in [4.69, 9.17) is 27.6 Å². The van der Waals surface area contributed by atoms with Crippen LogP contribution in [0.4, 0.5) is 5.69 Å². The Morgan fingerprint density at radius 3 is 2.61 bits per heavy atom. The molecule has 0 aliphatic rings. The van der Waals surface area contributed by atoms with Crippen LogP contribution in [0.1, 0.15) is 21.7 Å². The first-order valence-corrected chi connectivity index (χ1v) is 9.12. The summed E-state index contributed by atoms with van der Waals surface area (Å²) in [6, 6.07) is 15.2. The van der Waals surface area contributed by atoms with Crippen molar-refractivity contribution in [1.29, 1.82) is 0 Å². The van der Waals surface area contributed by atoms with Gasteiger partial charge in [-0.25, -0.2) is 0 Å². The fraction of sp³-hybridized carbons (Fsp3) is 0.0476. The number of hydrogen-bond acceptors (Lipinski definition) is 3. The van der Waals surface area contributed by atoms with Crippen LogP contribution in [-0.4, -0.2) is 11.8 Å². The van der Waals surface area contributed by atoms with Crippen molar-refractivity contribution in [3.8, 4) is 0 Å². The van der Waals surface area contributed by atoms with E-state index >= 15 is 0 Å². The second-order valence-electron chi connectivity index (χ2n) is 5.80. The predicted molar refractivity (Wildman–Crippen MR) is 110 cm³/mol. The van der Waals surface area contributed by atoms with Crippen LogP contribution in [0.3, 0.4) is 0 Å². The summed E-state index contributed by atoms with van der Waals surface area (Å²) in [5.74, 6) is -0.0769. The van der Waals surface area contributed by atoms with E-state index in [1.54, 1.807) is 60.7 Å². The van der Waals surface area contributed by atoms with E-state index in [-0.39, 0.29) is 12.5 Å². The van der Waals surface area contributed by atoms with Crippen molar-refractivity contribution in [1.82, 2.24) is 5.32 Å². The maximum absolute atomic E-state index is 12.4. The highest BCUT2D eigenvalue weighted by Crippen LogP contribution is 2.22. The molecule has 3 aromatic rings. The molecule has 0 unspecified atom stereocenters. The van der Waals surface area contributed by atoms with E-state index in [1.165, 1.54) is 12.3 Å². The number of nitrogens with one attached hydrogen (secondary N) is 2. The molecule has 0 saturated heterocycles. The van der Waals surface area contributed by atoms with E-state index in [0.717, 1.165) is 0 Å². The molecule has 1 heterocycles. The maximum Gasteiger partial charge on any atom is 0.253 e. The largest absolute Gasteiger partial charge is 0.467 e. The van der Waals surface area contributed by atoms with Crippen LogP contribution in [0.15, 0.2) is 71.4 Å². The number of hydrogen-bond donors (Lipinski definition) is 2. The number of anilines is 1. The summed E-state index contributed by atoms with van der Waals surface area (Å²) >= 11 is 11.9. The van der Waals surface area contributed by atoms with Gasteiger partial charge in [0.1, 0.15) is 5.76 Å². The number of carbonyl (C=O) groups is 2. The second-order valence-corrected chi connectivity index (χ2v) is 6.64. The number of furan rings is 1. The number of halogens is 2. The van der Waals surface area contributed by atoms with Gasteiger partial charge in [0.2, 0.25) is 5.91 Å². The fourth-order valence-electron chi connectivity index (χ4n) is 2.44. The van der Waals surface area contributed by atoms with Crippen molar-refractivity contribution in [2.24, 2.45) is 0 Å². The third-order valence-electron chi connectivity index (χ3n) is 3.81. The third kappa shape index (κ3) is 5.25. The standard InChI is InChI=1S/C21H16Cl2N2O3/c22-15-9-7-14(18(23)12-15)8-10-20(26)25-19-6-2-1-5-17(19)21(27)24-13-16-4-3-11-28-16/h1-12H,13H2,(H,24,27)(H,25,26)/b10-8+. The zero-order chi connectivity index (χ0) is 19.9. The zero-order valence-electron chi connectivity index (χ0n) is 14.6. The number of para-hydroxylation sites is 1. The molecule has 0 fully saturated rings. The summed E-state index contributed by atoms with van der Waals surface area (Å²) in [5, 5.41) is 6.41. The van der Waals surface area contributed by atoms with Gasteiger partial charge >= 0.3 is 0 Å². The van der Waals surface area contributed by atoms with E-state index in [2.05, 4.69) is 10.6 Å². The van der Waals surface area contributed by atoms with E-state index in [9.17, 15) is 9.59 Å². The van der Waals surface area contributed by atoms with Gasteiger partial charge in [-0.1, -0.05) is 41.4 Å². The van der Waals surface area contributed by atoms with Gasteiger partial charge in [0.25, 0.3) is 5.91 Å². The molecule has 1 aromatic heterocycles. The highest BCUT2D eigenvalue weighted by molar-refractivity contribution is 6.35. The Bertz CT molecular complexity index is 1010. The van der Waals surface area contributed by atoms with Gasteiger partial charge in [-0.2, -0.15) is 0 Å². The average Bonchev–Trinajstić information content (AvgIpc) is 3.19.